The number of nitrogens with two attached hydrogens (primary N) is 1. The molecule has 0 fully saturated rings. The highest BCUT2D eigenvalue weighted by atomic mass is 32.2. The molecule has 0 aliphatic carbocycles. The monoisotopic (exact) mass is 298 g/mol. The summed E-state index contributed by atoms with van der Waals surface area (Å²) < 4.78 is 0. The smallest absolute Gasteiger partial charge is 0.223 e. The number of rotatable bonds is 9. The van der Waals surface area contributed by atoms with Crippen LogP contribution in [0.25, 0.3) is 0 Å². The summed E-state index contributed by atoms with van der Waals surface area (Å²) in [6.45, 7) is 2.80. The number of nitrogens with zero attached hydrogens (tertiary/aromatic N) is 2. The third-order valence-electron chi connectivity index (χ3n) is 2.67. The van der Waals surface area contributed by atoms with Gasteiger partial charge in [0.15, 0.2) is 0 Å². The van der Waals surface area contributed by atoms with Crippen LogP contribution in [0, 0.1) is 6.92 Å². The largest absolute Gasteiger partial charge is 0.388 e. The van der Waals surface area contributed by atoms with E-state index < -0.39 is 0 Å². The fraction of sp³-hybridized carbons (Fsp3) is 0.615. The molecule has 0 aliphatic heterocycles. The lowest BCUT2D eigenvalue weighted by molar-refractivity contribution is 0.687. The Morgan fingerprint density at radius 2 is 2.05 bits per heavy atom. The Balaban J connectivity index is 2.31. The molecule has 3 N–H and O–H groups in total. The number of aryl methyl sites for hydroxylation is 1. The fourth-order valence-corrected chi connectivity index (χ4v) is 2.30. The van der Waals surface area contributed by atoms with Crippen LogP contribution < -0.4 is 11.1 Å². The van der Waals surface area contributed by atoms with E-state index in [-0.39, 0.29) is 0 Å². The van der Waals surface area contributed by atoms with Crippen LogP contribution in [-0.4, -0.2) is 33.5 Å². The van der Waals surface area contributed by atoms with Crippen molar-refractivity contribution in [1.82, 2.24) is 9.97 Å². The molecule has 4 nitrogen and oxygen atoms in total. The molecule has 1 heterocycles. The minimum absolute atomic E-state index is 0.311. The first-order valence-electron chi connectivity index (χ1n) is 6.52. The van der Waals surface area contributed by atoms with Crippen LogP contribution >= 0.6 is 24.0 Å². The van der Waals surface area contributed by atoms with Gasteiger partial charge in [0.05, 0.1) is 0 Å². The molecule has 0 atom stereocenters. The number of hydrogen-bond acceptors (Lipinski definition) is 5. The standard InChI is InChI=1S/C13H22N4S2/c1-10-9-11(12(14)18)17-13(16-10)15-7-5-3-4-6-8-19-2/h9H,3-8H2,1-2H3,(H2,14,18)(H,15,16,17). The zero-order valence-electron chi connectivity index (χ0n) is 11.6. The first-order chi connectivity index (χ1) is 9.13. The van der Waals surface area contributed by atoms with Gasteiger partial charge in [0.25, 0.3) is 0 Å². The van der Waals surface area contributed by atoms with Gasteiger partial charge in [0.2, 0.25) is 5.95 Å². The molecular weight excluding hydrogens is 276 g/mol. The van der Waals surface area contributed by atoms with Crippen molar-refractivity contribution in [3.8, 4) is 0 Å². The van der Waals surface area contributed by atoms with Gasteiger partial charge in [-0.15, -0.1) is 0 Å². The Hall–Kier alpha value is -0.880. The van der Waals surface area contributed by atoms with Crippen molar-refractivity contribution in [2.45, 2.75) is 32.6 Å². The Kier molecular flexibility index (Phi) is 7.74. The lowest BCUT2D eigenvalue weighted by atomic mass is 10.2. The number of aromatic nitrogens is 2. The molecule has 0 saturated carbocycles. The summed E-state index contributed by atoms with van der Waals surface area (Å²) in [7, 11) is 0. The fourth-order valence-electron chi connectivity index (χ4n) is 1.70. The predicted octanol–water partition coefficient (Wildman–Crippen LogP) is 2.75. The highest BCUT2D eigenvalue weighted by Crippen LogP contribution is 2.07. The van der Waals surface area contributed by atoms with E-state index in [0.29, 0.717) is 16.6 Å². The Bertz CT molecular complexity index is 410. The Morgan fingerprint density at radius 1 is 1.32 bits per heavy atom. The van der Waals surface area contributed by atoms with E-state index in [1.54, 1.807) is 6.07 Å². The van der Waals surface area contributed by atoms with Crippen LogP contribution in [0.1, 0.15) is 37.1 Å². The lowest BCUT2D eigenvalue weighted by Gasteiger charge is -2.07. The zero-order chi connectivity index (χ0) is 14.1. The minimum atomic E-state index is 0.311. The van der Waals surface area contributed by atoms with Crippen LogP contribution in [0.15, 0.2) is 6.07 Å². The second-order valence-electron chi connectivity index (χ2n) is 4.42. The summed E-state index contributed by atoms with van der Waals surface area (Å²) in [6.07, 6.45) is 7.11. The minimum Gasteiger partial charge on any atom is -0.388 e. The molecule has 106 valence electrons. The number of hydrogen-bond donors (Lipinski definition) is 2. The van der Waals surface area contributed by atoms with Gasteiger partial charge in [-0.3, -0.25) is 0 Å². The van der Waals surface area contributed by atoms with Crippen molar-refractivity contribution in [2.24, 2.45) is 5.73 Å². The van der Waals surface area contributed by atoms with Crippen molar-refractivity contribution < 1.29 is 0 Å². The van der Waals surface area contributed by atoms with Gasteiger partial charge in [-0.05, 0) is 37.8 Å². The number of thioether (sulfide) groups is 1. The van der Waals surface area contributed by atoms with Crippen molar-refractivity contribution in [2.75, 3.05) is 23.9 Å². The Morgan fingerprint density at radius 3 is 2.74 bits per heavy atom. The van der Waals surface area contributed by atoms with Crippen molar-refractivity contribution in [3.63, 3.8) is 0 Å². The molecule has 1 aromatic heterocycles. The number of nitrogens with one attached hydrogen (secondary N) is 1. The van der Waals surface area contributed by atoms with Crippen molar-refractivity contribution in [3.05, 3.63) is 17.5 Å². The van der Waals surface area contributed by atoms with E-state index in [2.05, 4.69) is 21.5 Å². The average molecular weight is 298 g/mol. The van der Waals surface area contributed by atoms with Crippen LogP contribution in [0.2, 0.25) is 0 Å². The van der Waals surface area contributed by atoms with Crippen LogP contribution in [0.5, 0.6) is 0 Å². The van der Waals surface area contributed by atoms with Crippen LogP contribution in [0.3, 0.4) is 0 Å². The normalized spacial score (nSPS) is 10.4. The van der Waals surface area contributed by atoms with E-state index in [9.17, 15) is 0 Å². The molecule has 1 aromatic rings. The summed E-state index contributed by atoms with van der Waals surface area (Å²) in [5, 5.41) is 3.23. The maximum absolute atomic E-state index is 5.59. The highest BCUT2D eigenvalue weighted by molar-refractivity contribution is 7.98. The molecule has 19 heavy (non-hydrogen) atoms. The first kappa shape index (κ1) is 16.2. The lowest BCUT2D eigenvalue weighted by Crippen LogP contribution is -2.15. The van der Waals surface area contributed by atoms with Gasteiger partial charge in [0.1, 0.15) is 10.7 Å². The number of unbranched alkanes of at least 4 members (excludes halogenated alkanes) is 3. The molecule has 1 rings (SSSR count). The SMILES string of the molecule is CSCCCCCCNc1nc(C)cc(C(N)=S)n1. The van der Waals surface area contributed by atoms with E-state index in [0.717, 1.165) is 18.7 Å². The predicted molar refractivity (Wildman–Crippen MR) is 88.0 cm³/mol. The van der Waals surface area contributed by atoms with E-state index >= 15 is 0 Å². The summed E-state index contributed by atoms with van der Waals surface area (Å²) in [5.74, 6) is 1.87. The molecular formula is C13H22N4S2. The van der Waals surface area contributed by atoms with Gasteiger partial charge >= 0.3 is 0 Å². The molecule has 0 saturated heterocycles. The summed E-state index contributed by atoms with van der Waals surface area (Å²) >= 11 is 6.84. The second-order valence-corrected chi connectivity index (χ2v) is 5.84. The topological polar surface area (TPSA) is 63.8 Å². The molecule has 0 unspecified atom stereocenters. The van der Waals surface area contributed by atoms with Gasteiger partial charge in [-0.25, -0.2) is 9.97 Å². The molecule has 0 aromatic carbocycles. The van der Waals surface area contributed by atoms with Crippen molar-refractivity contribution >= 4 is 34.9 Å². The second kappa shape index (κ2) is 9.09. The highest BCUT2D eigenvalue weighted by Gasteiger charge is 2.03. The van der Waals surface area contributed by atoms with Gasteiger partial charge < -0.3 is 11.1 Å². The summed E-state index contributed by atoms with van der Waals surface area (Å²) in [5.41, 5.74) is 7.09. The van der Waals surface area contributed by atoms with Gasteiger partial charge in [-0.2, -0.15) is 11.8 Å². The van der Waals surface area contributed by atoms with E-state index in [1.165, 1.54) is 25.0 Å². The molecule has 0 amide bonds. The average Bonchev–Trinajstić information content (AvgIpc) is 2.37. The molecule has 0 spiro atoms. The van der Waals surface area contributed by atoms with Crippen LogP contribution in [-0.2, 0) is 0 Å². The zero-order valence-corrected chi connectivity index (χ0v) is 13.2. The first-order valence-corrected chi connectivity index (χ1v) is 8.32. The quantitative estimate of drug-likeness (QED) is 0.540. The summed E-state index contributed by atoms with van der Waals surface area (Å²) in [4.78, 5) is 8.92. The number of thiocarbonyl (C=S) groups is 1. The maximum atomic E-state index is 5.59. The van der Waals surface area contributed by atoms with E-state index in [1.807, 2.05) is 18.7 Å². The van der Waals surface area contributed by atoms with Gasteiger partial charge in [-0.1, -0.05) is 25.1 Å². The van der Waals surface area contributed by atoms with Gasteiger partial charge in [0, 0.05) is 12.2 Å². The third-order valence-corrected chi connectivity index (χ3v) is 3.57. The molecule has 0 aliphatic rings. The van der Waals surface area contributed by atoms with Crippen LogP contribution in [0.4, 0.5) is 5.95 Å². The van der Waals surface area contributed by atoms with Crippen molar-refractivity contribution in [1.29, 1.82) is 0 Å². The third kappa shape index (κ3) is 6.73. The maximum Gasteiger partial charge on any atom is 0.223 e. The van der Waals surface area contributed by atoms with E-state index in [4.69, 9.17) is 18.0 Å². The summed E-state index contributed by atoms with van der Waals surface area (Å²) in [6, 6.07) is 1.80. The molecule has 0 radical (unpaired) electrons. The number of anilines is 1. The molecule has 6 heteroatoms. The molecule has 0 bridgehead atoms. The Labute approximate surface area is 125 Å².